The number of nitrogens with one attached hydrogen (secondary N) is 1. The number of nitrogens with zero attached hydrogens (tertiary/aromatic N) is 1. The maximum Gasteiger partial charge on any atom is 0.303 e. The molecular formula is C31H50ClFN2O4S. The predicted molar refractivity (Wildman–Crippen MR) is 160 cm³/mol. The Labute approximate surface area is 246 Å². The largest absolute Gasteiger partial charge is 0.492 e. The third-order valence-corrected chi connectivity index (χ3v) is 11.2. The van der Waals surface area contributed by atoms with Gasteiger partial charge in [-0.25, -0.2) is 9.11 Å². The zero-order valence-electron chi connectivity index (χ0n) is 24.9. The van der Waals surface area contributed by atoms with Gasteiger partial charge in [-0.1, -0.05) is 57.6 Å². The van der Waals surface area contributed by atoms with Crippen molar-refractivity contribution >= 4 is 27.7 Å². The molecule has 1 amide bonds. The molecule has 9 heteroatoms. The molecule has 6 nitrogen and oxygen atoms in total. The number of unbranched alkanes of at least 4 members (excludes halogenated alkanes) is 3. The van der Waals surface area contributed by atoms with E-state index in [9.17, 15) is 17.6 Å². The molecule has 0 spiro atoms. The van der Waals surface area contributed by atoms with E-state index >= 15 is 0 Å². The average Bonchev–Trinajstić information content (AvgIpc) is 2.93. The molecule has 1 N–H and O–H groups in total. The lowest BCUT2D eigenvalue weighted by atomic mass is 9.54. The highest BCUT2D eigenvalue weighted by Gasteiger charge is 2.45. The Hall–Kier alpha value is -1.38. The fourth-order valence-electron chi connectivity index (χ4n) is 6.82. The van der Waals surface area contributed by atoms with Crippen LogP contribution in [0.4, 0.5) is 4.39 Å². The Bertz CT molecular complexity index is 1060. The summed E-state index contributed by atoms with van der Waals surface area (Å²) < 4.78 is 47.6. The van der Waals surface area contributed by atoms with Gasteiger partial charge in [-0.3, -0.25) is 4.79 Å². The molecule has 3 aliphatic rings. The normalized spacial score (nSPS) is 22.3. The first-order chi connectivity index (χ1) is 19.0. The number of ether oxygens (including phenoxy) is 1. The molecule has 228 valence electrons. The van der Waals surface area contributed by atoms with Gasteiger partial charge in [0.25, 0.3) is 5.91 Å². The van der Waals surface area contributed by atoms with Crippen LogP contribution in [0.5, 0.6) is 5.75 Å². The molecule has 0 radical (unpaired) electrons. The van der Waals surface area contributed by atoms with E-state index in [4.69, 9.17) is 16.3 Å². The number of hydrogen-bond donors (Lipinski definition) is 1. The molecule has 0 aromatic heterocycles. The summed E-state index contributed by atoms with van der Waals surface area (Å²) in [6.45, 7) is 4.93. The summed E-state index contributed by atoms with van der Waals surface area (Å²) in [5.74, 6) is 0.299. The number of amides is 1. The second-order valence-corrected chi connectivity index (χ2v) is 14.7. The molecule has 40 heavy (non-hydrogen) atoms. The Morgan fingerprint density at radius 3 is 2.30 bits per heavy atom. The smallest absolute Gasteiger partial charge is 0.303 e. The molecule has 2 atom stereocenters. The zero-order valence-corrected chi connectivity index (χ0v) is 26.5. The number of benzene rings is 1. The Balaban J connectivity index is 1.67. The molecule has 0 aliphatic heterocycles. The summed E-state index contributed by atoms with van der Waals surface area (Å²) in [6.07, 6.45) is 19.1. The molecule has 1 aromatic rings. The first-order valence-corrected chi connectivity index (χ1v) is 17.2. The Morgan fingerprint density at radius 2 is 1.70 bits per heavy atom. The fraction of sp³-hybridized carbons (Fsp3) is 0.774. The minimum atomic E-state index is -4.06. The number of hydrogen-bond acceptors (Lipinski definition) is 4. The van der Waals surface area contributed by atoms with Crippen LogP contribution in [0.2, 0.25) is 5.02 Å². The van der Waals surface area contributed by atoms with Gasteiger partial charge in [-0.05, 0) is 93.4 Å². The van der Waals surface area contributed by atoms with Crippen molar-refractivity contribution in [1.82, 2.24) is 9.03 Å². The van der Waals surface area contributed by atoms with Crippen molar-refractivity contribution in [3.05, 3.63) is 28.5 Å². The van der Waals surface area contributed by atoms with Crippen LogP contribution in [-0.4, -0.2) is 39.3 Å². The van der Waals surface area contributed by atoms with Gasteiger partial charge in [0.2, 0.25) is 0 Å². The molecule has 1 aromatic carbocycles. The summed E-state index contributed by atoms with van der Waals surface area (Å²) >= 11 is 6.39. The first-order valence-electron chi connectivity index (χ1n) is 15.4. The molecule has 3 saturated carbocycles. The van der Waals surface area contributed by atoms with Gasteiger partial charge in [-0.2, -0.15) is 12.7 Å². The molecular weight excluding hydrogens is 551 g/mol. The average molecular weight is 601 g/mol. The minimum Gasteiger partial charge on any atom is -0.492 e. The van der Waals surface area contributed by atoms with Gasteiger partial charge in [-0.15, -0.1) is 0 Å². The summed E-state index contributed by atoms with van der Waals surface area (Å²) in [5, 5.41) is 0.0831. The summed E-state index contributed by atoms with van der Waals surface area (Å²) in [5.41, 5.74) is 0.0873. The zero-order chi connectivity index (χ0) is 29.3. The van der Waals surface area contributed by atoms with E-state index in [-0.39, 0.29) is 10.8 Å². The van der Waals surface area contributed by atoms with Crippen molar-refractivity contribution in [2.24, 2.45) is 23.2 Å². The third kappa shape index (κ3) is 8.81. The van der Waals surface area contributed by atoms with Crippen LogP contribution >= 0.6 is 11.6 Å². The van der Waals surface area contributed by atoms with Crippen molar-refractivity contribution < 1.29 is 22.3 Å². The molecule has 4 rings (SSSR count). The van der Waals surface area contributed by atoms with Crippen molar-refractivity contribution in [2.75, 3.05) is 20.7 Å². The van der Waals surface area contributed by atoms with E-state index in [1.807, 2.05) is 4.72 Å². The monoisotopic (exact) mass is 600 g/mol. The molecule has 3 aliphatic carbocycles. The quantitative estimate of drug-likeness (QED) is 0.183. The third-order valence-electron chi connectivity index (χ3n) is 9.51. The van der Waals surface area contributed by atoms with E-state index in [2.05, 4.69) is 13.8 Å². The highest BCUT2D eigenvalue weighted by Crippen LogP contribution is 2.56. The number of carbonyl (C=O) groups is 1. The summed E-state index contributed by atoms with van der Waals surface area (Å²) in [4.78, 5) is 12.4. The van der Waals surface area contributed by atoms with Crippen LogP contribution in [-0.2, 0) is 10.2 Å². The van der Waals surface area contributed by atoms with Gasteiger partial charge in [0.05, 0.1) is 17.2 Å². The Morgan fingerprint density at radius 1 is 1.05 bits per heavy atom. The molecule has 3 fully saturated rings. The summed E-state index contributed by atoms with van der Waals surface area (Å²) in [6, 6.07) is 2.23. The van der Waals surface area contributed by atoms with Crippen LogP contribution in [0.1, 0.15) is 121 Å². The molecule has 2 unspecified atom stereocenters. The highest BCUT2D eigenvalue weighted by molar-refractivity contribution is 7.87. The molecule has 0 heterocycles. The van der Waals surface area contributed by atoms with Crippen LogP contribution < -0.4 is 9.46 Å². The number of fused-ring (bicyclic) bond motifs is 3. The first kappa shape index (κ1) is 33.1. The fourth-order valence-corrected chi connectivity index (χ4v) is 7.56. The van der Waals surface area contributed by atoms with Gasteiger partial charge in [0, 0.05) is 20.2 Å². The number of halogens is 2. The Kier molecular flexibility index (Phi) is 12.6. The SMILES string of the molecule is CCCCCC(CCC(CCCC)C12CCC(CC1)CC2)COc1cc(F)c(C(=O)NS(=O)(=O)N(C)C)cc1Cl. The van der Waals surface area contributed by atoms with E-state index in [1.54, 1.807) is 0 Å². The van der Waals surface area contributed by atoms with Crippen LogP contribution in [0, 0.1) is 29.0 Å². The van der Waals surface area contributed by atoms with Gasteiger partial charge < -0.3 is 4.74 Å². The predicted octanol–water partition coefficient (Wildman–Crippen LogP) is 8.15. The van der Waals surface area contributed by atoms with Gasteiger partial charge >= 0.3 is 10.2 Å². The van der Waals surface area contributed by atoms with Crippen LogP contribution in [0.15, 0.2) is 12.1 Å². The van der Waals surface area contributed by atoms with Crippen molar-refractivity contribution in [3.63, 3.8) is 0 Å². The van der Waals surface area contributed by atoms with Crippen molar-refractivity contribution in [1.29, 1.82) is 0 Å². The number of rotatable bonds is 17. The summed E-state index contributed by atoms with van der Waals surface area (Å²) in [7, 11) is -1.51. The maximum absolute atomic E-state index is 14.9. The minimum absolute atomic E-state index is 0.0831. The molecule has 2 bridgehead atoms. The van der Waals surface area contributed by atoms with Crippen LogP contribution in [0.25, 0.3) is 0 Å². The lowest BCUT2D eigenvalue weighted by Crippen LogP contribution is -2.40. The lowest BCUT2D eigenvalue weighted by molar-refractivity contribution is -0.00406. The van der Waals surface area contributed by atoms with E-state index in [1.165, 1.54) is 84.7 Å². The van der Waals surface area contributed by atoms with Gasteiger partial charge in [0.1, 0.15) is 11.6 Å². The molecule has 0 saturated heterocycles. The van der Waals surface area contributed by atoms with Gasteiger partial charge in [0.15, 0.2) is 0 Å². The van der Waals surface area contributed by atoms with E-state index in [0.717, 1.165) is 54.0 Å². The van der Waals surface area contributed by atoms with E-state index < -0.39 is 27.5 Å². The standard InChI is InChI=1S/C31H50ClFN2O4S/c1-5-7-9-10-24(12-13-25(11-8-6-2)31-17-14-23(15-18-31)16-19-31)22-39-29-21-28(33)26(20-27(29)32)30(36)34-40(37,38)35(3)4/h20-21,23-25H,5-19,22H2,1-4H3,(H,34,36). The lowest BCUT2D eigenvalue weighted by Gasteiger charge is -2.51. The number of carbonyl (C=O) groups excluding carboxylic acids is 1. The topological polar surface area (TPSA) is 75.7 Å². The van der Waals surface area contributed by atoms with Crippen molar-refractivity contribution in [2.45, 2.75) is 110 Å². The second kappa shape index (κ2) is 15.2. The van der Waals surface area contributed by atoms with E-state index in [0.29, 0.717) is 17.9 Å². The maximum atomic E-state index is 14.9. The second-order valence-electron chi connectivity index (χ2n) is 12.4. The van der Waals surface area contributed by atoms with Crippen molar-refractivity contribution in [3.8, 4) is 5.75 Å². The van der Waals surface area contributed by atoms with Crippen LogP contribution in [0.3, 0.4) is 0 Å². The highest BCUT2D eigenvalue weighted by atomic mass is 35.5.